The van der Waals surface area contributed by atoms with Crippen LogP contribution in [0.5, 0.6) is 0 Å². The summed E-state index contributed by atoms with van der Waals surface area (Å²) >= 11 is 0. The maximum atomic E-state index is 11.8. The van der Waals surface area contributed by atoms with Crippen molar-refractivity contribution in [2.24, 2.45) is 12.0 Å². The van der Waals surface area contributed by atoms with E-state index in [0.717, 1.165) is 42.3 Å². The van der Waals surface area contributed by atoms with Gasteiger partial charge in [-0.25, -0.2) is 4.99 Å². The van der Waals surface area contributed by atoms with Gasteiger partial charge in [-0.2, -0.15) is 5.10 Å². The largest absolute Gasteiger partial charge is 0.357 e. The minimum atomic E-state index is 0.257. The molecule has 0 radical (unpaired) electrons. The van der Waals surface area contributed by atoms with Crippen molar-refractivity contribution in [1.29, 1.82) is 0 Å². The number of nitrogens with zero attached hydrogens (tertiary/aromatic N) is 4. The molecule has 7 nitrogen and oxygen atoms in total. The number of carbonyl (C=O) groups is 1. The summed E-state index contributed by atoms with van der Waals surface area (Å²) < 4.78 is 1.85. The molecule has 1 aromatic carbocycles. The molecule has 1 amide bonds. The first-order valence-electron chi connectivity index (χ1n) is 9.50. The van der Waals surface area contributed by atoms with E-state index in [1.165, 1.54) is 0 Å². The van der Waals surface area contributed by atoms with Gasteiger partial charge in [0.25, 0.3) is 0 Å². The Labute approximate surface area is 160 Å². The fraction of sp³-hybridized carbons (Fsp3) is 0.450. The molecule has 1 aliphatic rings. The molecule has 2 heterocycles. The number of guanidine groups is 1. The zero-order chi connectivity index (χ0) is 19.1. The number of benzene rings is 1. The molecule has 0 saturated carbocycles. The summed E-state index contributed by atoms with van der Waals surface area (Å²) in [7, 11) is 1.93. The van der Waals surface area contributed by atoms with Crippen LogP contribution in [-0.4, -0.2) is 39.6 Å². The highest BCUT2D eigenvalue weighted by Gasteiger charge is 2.19. The smallest absolute Gasteiger partial charge is 0.222 e. The maximum absolute atomic E-state index is 11.8. The van der Waals surface area contributed by atoms with E-state index < -0.39 is 0 Å². The minimum absolute atomic E-state index is 0.257. The number of hydrogen-bond acceptors (Lipinski definition) is 3. The van der Waals surface area contributed by atoms with Crippen LogP contribution in [0.25, 0.3) is 0 Å². The first-order chi connectivity index (χ1) is 13.2. The number of rotatable bonds is 7. The Morgan fingerprint density at radius 2 is 2.11 bits per heavy atom. The third kappa shape index (κ3) is 5.32. The molecule has 0 bridgehead atoms. The van der Waals surface area contributed by atoms with Crippen molar-refractivity contribution in [1.82, 2.24) is 25.3 Å². The molecule has 0 aliphatic carbocycles. The van der Waals surface area contributed by atoms with Crippen LogP contribution in [-0.2, 0) is 31.5 Å². The Morgan fingerprint density at radius 1 is 1.26 bits per heavy atom. The van der Waals surface area contributed by atoms with Crippen LogP contribution in [0.1, 0.15) is 36.6 Å². The van der Waals surface area contributed by atoms with Crippen molar-refractivity contribution in [2.45, 2.75) is 39.4 Å². The van der Waals surface area contributed by atoms with Crippen molar-refractivity contribution >= 4 is 11.9 Å². The zero-order valence-electron chi connectivity index (χ0n) is 16.1. The van der Waals surface area contributed by atoms with Crippen LogP contribution >= 0.6 is 0 Å². The van der Waals surface area contributed by atoms with Gasteiger partial charge in [0.05, 0.1) is 18.8 Å². The highest BCUT2D eigenvalue weighted by molar-refractivity contribution is 5.79. The summed E-state index contributed by atoms with van der Waals surface area (Å²) in [5, 5.41) is 10.8. The van der Waals surface area contributed by atoms with E-state index in [9.17, 15) is 4.79 Å². The molecule has 2 aromatic rings. The monoisotopic (exact) mass is 368 g/mol. The summed E-state index contributed by atoms with van der Waals surface area (Å²) in [4.78, 5) is 18.4. The van der Waals surface area contributed by atoms with E-state index >= 15 is 0 Å². The number of aliphatic imine (C=N–C) groups is 1. The highest BCUT2D eigenvalue weighted by atomic mass is 16.2. The van der Waals surface area contributed by atoms with Gasteiger partial charge >= 0.3 is 0 Å². The quantitative estimate of drug-likeness (QED) is 0.577. The second kappa shape index (κ2) is 9.21. The number of aromatic nitrogens is 2. The lowest BCUT2D eigenvalue weighted by atomic mass is 10.1. The van der Waals surface area contributed by atoms with E-state index in [2.05, 4.69) is 45.8 Å². The van der Waals surface area contributed by atoms with Gasteiger partial charge in [0.15, 0.2) is 5.96 Å². The van der Waals surface area contributed by atoms with Crippen molar-refractivity contribution in [3.8, 4) is 0 Å². The third-order valence-corrected chi connectivity index (χ3v) is 4.66. The van der Waals surface area contributed by atoms with Crippen molar-refractivity contribution in [3.63, 3.8) is 0 Å². The molecule has 7 heteroatoms. The van der Waals surface area contributed by atoms with Gasteiger partial charge < -0.3 is 15.5 Å². The molecule has 1 saturated heterocycles. The molecule has 27 heavy (non-hydrogen) atoms. The second-order valence-electron chi connectivity index (χ2n) is 6.73. The molecular formula is C20H28N6O. The molecule has 1 fully saturated rings. The van der Waals surface area contributed by atoms with Crippen molar-refractivity contribution in [3.05, 3.63) is 53.3 Å². The van der Waals surface area contributed by atoms with E-state index in [-0.39, 0.29) is 5.91 Å². The van der Waals surface area contributed by atoms with Crippen LogP contribution in [0.4, 0.5) is 0 Å². The zero-order valence-corrected chi connectivity index (χ0v) is 16.1. The number of carbonyl (C=O) groups excluding carboxylic acids is 1. The van der Waals surface area contributed by atoms with Crippen LogP contribution in [0, 0.1) is 0 Å². The molecule has 0 unspecified atom stereocenters. The number of likely N-dealkylation sites (tertiary alicyclic amines) is 1. The highest BCUT2D eigenvalue weighted by Crippen LogP contribution is 2.15. The van der Waals surface area contributed by atoms with Crippen LogP contribution in [0.15, 0.2) is 41.5 Å². The summed E-state index contributed by atoms with van der Waals surface area (Å²) in [5.41, 5.74) is 3.39. The normalized spacial score (nSPS) is 14.7. The summed E-state index contributed by atoms with van der Waals surface area (Å²) in [6.45, 7) is 5.66. The summed E-state index contributed by atoms with van der Waals surface area (Å²) in [6, 6.07) is 10.3. The molecule has 0 atom stereocenters. The lowest BCUT2D eigenvalue weighted by Gasteiger charge is -2.16. The predicted molar refractivity (Wildman–Crippen MR) is 106 cm³/mol. The van der Waals surface area contributed by atoms with Gasteiger partial charge in [-0.15, -0.1) is 0 Å². The van der Waals surface area contributed by atoms with E-state index in [1.54, 1.807) is 6.20 Å². The average molecular weight is 368 g/mol. The molecule has 1 aromatic heterocycles. The lowest BCUT2D eigenvalue weighted by molar-refractivity contribution is -0.128. The average Bonchev–Trinajstić information content (AvgIpc) is 3.26. The van der Waals surface area contributed by atoms with Gasteiger partial charge in [-0.1, -0.05) is 24.3 Å². The number of amides is 1. The van der Waals surface area contributed by atoms with Gasteiger partial charge in [0, 0.05) is 39.3 Å². The van der Waals surface area contributed by atoms with Crippen molar-refractivity contribution in [2.75, 3.05) is 13.1 Å². The topological polar surface area (TPSA) is 74.6 Å². The van der Waals surface area contributed by atoms with Crippen LogP contribution in [0.2, 0.25) is 0 Å². The first kappa shape index (κ1) is 18.9. The molecule has 144 valence electrons. The van der Waals surface area contributed by atoms with Crippen LogP contribution in [0.3, 0.4) is 0 Å². The molecular weight excluding hydrogens is 340 g/mol. The second-order valence-corrected chi connectivity index (χ2v) is 6.73. The Hall–Kier alpha value is -2.83. The number of aryl methyl sites for hydroxylation is 1. The van der Waals surface area contributed by atoms with Crippen LogP contribution < -0.4 is 10.6 Å². The fourth-order valence-electron chi connectivity index (χ4n) is 3.18. The van der Waals surface area contributed by atoms with Gasteiger partial charge in [0.1, 0.15) is 0 Å². The summed E-state index contributed by atoms with van der Waals surface area (Å²) in [5.74, 6) is 1.03. The van der Waals surface area contributed by atoms with Crippen molar-refractivity contribution < 1.29 is 4.79 Å². The van der Waals surface area contributed by atoms with Gasteiger partial charge in [-0.05, 0) is 30.5 Å². The Balaban J connectivity index is 1.60. The minimum Gasteiger partial charge on any atom is -0.357 e. The molecule has 2 N–H and O–H groups in total. The third-order valence-electron chi connectivity index (χ3n) is 4.66. The van der Waals surface area contributed by atoms with Gasteiger partial charge in [-0.3, -0.25) is 9.48 Å². The predicted octanol–water partition coefficient (Wildman–Crippen LogP) is 1.80. The first-order valence-corrected chi connectivity index (χ1v) is 9.50. The van der Waals surface area contributed by atoms with Gasteiger partial charge in [0.2, 0.25) is 5.91 Å². The Bertz CT molecular complexity index is 797. The van der Waals surface area contributed by atoms with E-state index in [1.807, 2.05) is 28.8 Å². The Kier molecular flexibility index (Phi) is 6.46. The standard InChI is InChI=1S/C20H28N6O/c1-3-21-20(23-14-18-9-10-24-25(18)2)22-13-16-6-4-7-17(12-16)15-26-11-5-8-19(26)27/h4,6-7,9-10,12H,3,5,8,11,13-15H2,1-2H3,(H2,21,22,23). The number of hydrogen-bond donors (Lipinski definition) is 2. The SMILES string of the molecule is CCNC(=NCc1cccc(CN2CCCC2=O)c1)NCc1ccnn1C. The lowest BCUT2D eigenvalue weighted by Crippen LogP contribution is -2.37. The Morgan fingerprint density at radius 3 is 2.81 bits per heavy atom. The molecule has 3 rings (SSSR count). The van der Waals surface area contributed by atoms with E-state index in [0.29, 0.717) is 26.1 Å². The summed E-state index contributed by atoms with van der Waals surface area (Å²) in [6.07, 6.45) is 3.44. The maximum Gasteiger partial charge on any atom is 0.222 e. The molecule has 1 aliphatic heterocycles. The molecule has 0 spiro atoms. The fourth-order valence-corrected chi connectivity index (χ4v) is 3.18. The van der Waals surface area contributed by atoms with E-state index in [4.69, 9.17) is 0 Å². The number of nitrogens with one attached hydrogen (secondary N) is 2.